The van der Waals surface area contributed by atoms with Gasteiger partial charge < -0.3 is 9.26 Å². The molecule has 0 spiro atoms. The molecule has 0 bridgehead atoms. The van der Waals surface area contributed by atoms with E-state index in [4.69, 9.17) is 9.26 Å². The van der Waals surface area contributed by atoms with Crippen molar-refractivity contribution in [3.05, 3.63) is 87.3 Å². The van der Waals surface area contributed by atoms with Gasteiger partial charge in [0.25, 0.3) is 0 Å². The first-order valence-corrected chi connectivity index (χ1v) is 8.68. The number of nitrogens with zero attached hydrogens (tertiary/aromatic N) is 1. The van der Waals surface area contributed by atoms with Gasteiger partial charge in [0, 0.05) is 11.1 Å². The standard InChI is InChI=1S/C22H21NO4/c1-13-9-10-14(2)19(11-13)21(24)17-7-5-6-8-18(17)22(25)26-12-20-15(3)23-27-16(20)4/h5-11H,12H2,1-4H3. The lowest BCUT2D eigenvalue weighted by Crippen LogP contribution is -2.14. The molecule has 0 saturated heterocycles. The molecule has 2 aromatic carbocycles. The Morgan fingerprint density at radius 1 is 0.963 bits per heavy atom. The SMILES string of the molecule is Cc1ccc(C)c(C(=O)c2ccccc2C(=O)OCc2c(C)noc2C)c1. The van der Waals surface area contributed by atoms with E-state index in [1.54, 1.807) is 38.1 Å². The van der Waals surface area contributed by atoms with Crippen molar-refractivity contribution in [2.75, 3.05) is 0 Å². The molecule has 0 aliphatic heterocycles. The molecule has 0 saturated carbocycles. The lowest BCUT2D eigenvalue weighted by molar-refractivity contribution is 0.0468. The van der Waals surface area contributed by atoms with Gasteiger partial charge in [0.15, 0.2) is 5.78 Å². The van der Waals surface area contributed by atoms with Gasteiger partial charge in [-0.2, -0.15) is 0 Å². The number of hydrogen-bond donors (Lipinski definition) is 0. The minimum Gasteiger partial charge on any atom is -0.457 e. The van der Waals surface area contributed by atoms with E-state index in [0.29, 0.717) is 22.6 Å². The number of ether oxygens (including phenoxy) is 1. The molecule has 5 heteroatoms. The van der Waals surface area contributed by atoms with Crippen LogP contribution < -0.4 is 0 Å². The number of hydrogen-bond acceptors (Lipinski definition) is 5. The molecule has 3 rings (SSSR count). The highest BCUT2D eigenvalue weighted by atomic mass is 16.5. The molecule has 1 heterocycles. The highest BCUT2D eigenvalue weighted by molar-refractivity contribution is 6.15. The molecule has 5 nitrogen and oxygen atoms in total. The quantitative estimate of drug-likeness (QED) is 0.493. The van der Waals surface area contributed by atoms with Gasteiger partial charge in [-0.1, -0.05) is 41.1 Å². The smallest absolute Gasteiger partial charge is 0.339 e. The summed E-state index contributed by atoms with van der Waals surface area (Å²) in [6.45, 7) is 7.41. The van der Waals surface area contributed by atoms with Crippen molar-refractivity contribution in [3.63, 3.8) is 0 Å². The molecule has 0 N–H and O–H groups in total. The number of aromatic nitrogens is 1. The summed E-state index contributed by atoms with van der Waals surface area (Å²) in [5.74, 6) is -0.134. The van der Waals surface area contributed by atoms with Crippen LogP contribution in [-0.2, 0) is 11.3 Å². The maximum atomic E-state index is 13.1. The number of aryl methyl sites for hydroxylation is 4. The lowest BCUT2D eigenvalue weighted by atomic mass is 9.94. The number of rotatable bonds is 5. The Bertz CT molecular complexity index is 997. The summed E-state index contributed by atoms with van der Waals surface area (Å²) in [5, 5.41) is 3.85. The van der Waals surface area contributed by atoms with Gasteiger partial charge >= 0.3 is 5.97 Å². The highest BCUT2D eigenvalue weighted by Crippen LogP contribution is 2.21. The molecule has 0 aliphatic rings. The van der Waals surface area contributed by atoms with E-state index < -0.39 is 5.97 Å². The van der Waals surface area contributed by atoms with Crippen molar-refractivity contribution < 1.29 is 18.8 Å². The fourth-order valence-electron chi connectivity index (χ4n) is 2.91. The van der Waals surface area contributed by atoms with E-state index in [-0.39, 0.29) is 18.0 Å². The third kappa shape index (κ3) is 3.82. The second kappa shape index (κ2) is 7.58. The van der Waals surface area contributed by atoms with Gasteiger partial charge in [0.2, 0.25) is 0 Å². The summed E-state index contributed by atoms with van der Waals surface area (Å²) in [6, 6.07) is 12.4. The summed E-state index contributed by atoms with van der Waals surface area (Å²) in [6.07, 6.45) is 0. The van der Waals surface area contributed by atoms with Crippen molar-refractivity contribution in [2.45, 2.75) is 34.3 Å². The molecule has 0 aliphatic carbocycles. The average Bonchev–Trinajstić information content (AvgIpc) is 2.99. The van der Waals surface area contributed by atoms with E-state index in [2.05, 4.69) is 5.16 Å². The van der Waals surface area contributed by atoms with Gasteiger partial charge in [-0.15, -0.1) is 0 Å². The zero-order valence-electron chi connectivity index (χ0n) is 15.8. The Morgan fingerprint density at radius 2 is 1.67 bits per heavy atom. The molecule has 0 atom stereocenters. The summed E-state index contributed by atoms with van der Waals surface area (Å²) in [7, 11) is 0. The van der Waals surface area contributed by atoms with Crippen molar-refractivity contribution in [2.24, 2.45) is 0 Å². The fraction of sp³-hybridized carbons (Fsp3) is 0.227. The Kier molecular flexibility index (Phi) is 5.21. The zero-order chi connectivity index (χ0) is 19.6. The van der Waals surface area contributed by atoms with Crippen molar-refractivity contribution in [3.8, 4) is 0 Å². The minimum absolute atomic E-state index is 0.0476. The third-order valence-electron chi connectivity index (χ3n) is 4.56. The van der Waals surface area contributed by atoms with Crippen LogP contribution in [0.25, 0.3) is 0 Å². The van der Waals surface area contributed by atoms with Gasteiger partial charge in [0.1, 0.15) is 12.4 Å². The Hall–Kier alpha value is -3.21. The van der Waals surface area contributed by atoms with Crippen LogP contribution in [0, 0.1) is 27.7 Å². The van der Waals surface area contributed by atoms with E-state index in [1.165, 1.54) is 0 Å². The molecule has 27 heavy (non-hydrogen) atoms. The Labute approximate surface area is 158 Å². The Balaban J connectivity index is 1.88. The predicted octanol–water partition coefficient (Wildman–Crippen LogP) is 4.50. The molecule has 0 amide bonds. The summed E-state index contributed by atoms with van der Waals surface area (Å²) in [4.78, 5) is 25.7. The molecule has 3 aromatic rings. The summed E-state index contributed by atoms with van der Waals surface area (Å²) in [5.41, 5.74) is 4.43. The zero-order valence-corrected chi connectivity index (χ0v) is 15.8. The number of benzene rings is 2. The van der Waals surface area contributed by atoms with Crippen LogP contribution in [0.4, 0.5) is 0 Å². The highest BCUT2D eigenvalue weighted by Gasteiger charge is 2.21. The first-order chi connectivity index (χ1) is 12.9. The molecule has 1 aromatic heterocycles. The molecule has 0 fully saturated rings. The van der Waals surface area contributed by atoms with Crippen LogP contribution in [0.15, 0.2) is 47.0 Å². The van der Waals surface area contributed by atoms with Crippen molar-refractivity contribution in [1.29, 1.82) is 0 Å². The molecular formula is C22H21NO4. The lowest BCUT2D eigenvalue weighted by Gasteiger charge is -2.11. The monoisotopic (exact) mass is 363 g/mol. The third-order valence-corrected chi connectivity index (χ3v) is 4.56. The van der Waals surface area contributed by atoms with Gasteiger partial charge in [-0.05, 0) is 45.4 Å². The van der Waals surface area contributed by atoms with E-state index in [9.17, 15) is 9.59 Å². The first-order valence-electron chi connectivity index (χ1n) is 8.68. The van der Waals surface area contributed by atoms with Crippen LogP contribution in [0.3, 0.4) is 0 Å². The van der Waals surface area contributed by atoms with Crippen molar-refractivity contribution >= 4 is 11.8 Å². The van der Waals surface area contributed by atoms with Crippen LogP contribution in [0.1, 0.15) is 54.4 Å². The topological polar surface area (TPSA) is 69.4 Å². The van der Waals surface area contributed by atoms with Crippen LogP contribution in [-0.4, -0.2) is 16.9 Å². The number of carbonyl (C=O) groups is 2. The van der Waals surface area contributed by atoms with Gasteiger partial charge in [-0.25, -0.2) is 4.79 Å². The Morgan fingerprint density at radius 3 is 2.33 bits per heavy atom. The number of carbonyl (C=O) groups excluding carboxylic acids is 2. The predicted molar refractivity (Wildman–Crippen MR) is 101 cm³/mol. The van der Waals surface area contributed by atoms with Gasteiger partial charge in [0.05, 0.1) is 16.8 Å². The van der Waals surface area contributed by atoms with E-state index >= 15 is 0 Å². The maximum Gasteiger partial charge on any atom is 0.339 e. The minimum atomic E-state index is -0.552. The largest absolute Gasteiger partial charge is 0.457 e. The molecule has 0 radical (unpaired) electrons. The number of ketones is 1. The van der Waals surface area contributed by atoms with Crippen LogP contribution in [0.2, 0.25) is 0 Å². The molecule has 138 valence electrons. The van der Waals surface area contributed by atoms with Crippen molar-refractivity contribution in [1.82, 2.24) is 5.16 Å². The van der Waals surface area contributed by atoms with Crippen LogP contribution in [0.5, 0.6) is 0 Å². The van der Waals surface area contributed by atoms with E-state index in [0.717, 1.165) is 16.7 Å². The molecule has 0 unspecified atom stereocenters. The normalized spacial score (nSPS) is 10.7. The number of esters is 1. The fourth-order valence-corrected chi connectivity index (χ4v) is 2.91. The first kappa shape index (κ1) is 18.6. The van der Waals surface area contributed by atoms with Gasteiger partial charge in [-0.3, -0.25) is 4.79 Å². The average molecular weight is 363 g/mol. The second-order valence-corrected chi connectivity index (χ2v) is 6.57. The summed E-state index contributed by atoms with van der Waals surface area (Å²) >= 11 is 0. The maximum absolute atomic E-state index is 13.1. The van der Waals surface area contributed by atoms with Crippen LogP contribution >= 0.6 is 0 Å². The summed E-state index contributed by atoms with van der Waals surface area (Å²) < 4.78 is 10.5. The molecular weight excluding hydrogens is 342 g/mol. The second-order valence-electron chi connectivity index (χ2n) is 6.57. The van der Waals surface area contributed by atoms with E-state index in [1.807, 2.05) is 32.0 Å².